The number of carbonyl (C=O) groups excluding carboxylic acids is 3. The van der Waals surface area contributed by atoms with Crippen molar-refractivity contribution in [2.24, 2.45) is 0 Å². The molecule has 3 aromatic carbocycles. The smallest absolute Gasteiger partial charge is 0.341 e. The standard InChI is InChI=1S/C29H25N3O6S2/c1-3-38-29(35)26-24(19-12-10-18(2)11-13-19)16-40-28(26)31-25(33)17-39-23-9-5-7-21(15-23)30-27(34)20-6-4-8-22(14-20)32(36)37/h4-16H,3,17H2,1-2H3,(H,30,34)(H,31,33). The zero-order valence-corrected chi connectivity index (χ0v) is 23.3. The maximum absolute atomic E-state index is 12.8. The van der Waals surface area contributed by atoms with Crippen LogP contribution in [0.1, 0.15) is 33.2 Å². The maximum atomic E-state index is 12.8. The van der Waals surface area contributed by atoms with Gasteiger partial charge in [0.25, 0.3) is 11.6 Å². The summed E-state index contributed by atoms with van der Waals surface area (Å²) in [7, 11) is 0. The number of nitrogens with zero attached hydrogens (tertiary/aromatic N) is 1. The molecule has 0 radical (unpaired) electrons. The molecule has 1 heterocycles. The van der Waals surface area contributed by atoms with Crippen molar-refractivity contribution < 1.29 is 24.0 Å². The van der Waals surface area contributed by atoms with E-state index in [0.717, 1.165) is 16.0 Å². The van der Waals surface area contributed by atoms with E-state index in [-0.39, 0.29) is 29.5 Å². The summed E-state index contributed by atoms with van der Waals surface area (Å²) in [6.45, 7) is 3.91. The number of carbonyl (C=O) groups is 3. The van der Waals surface area contributed by atoms with Crippen molar-refractivity contribution in [1.82, 2.24) is 0 Å². The first-order valence-corrected chi connectivity index (χ1v) is 14.1. The van der Waals surface area contributed by atoms with Crippen LogP contribution in [-0.4, -0.2) is 35.1 Å². The van der Waals surface area contributed by atoms with Gasteiger partial charge in [-0.25, -0.2) is 4.79 Å². The predicted octanol–water partition coefficient (Wildman–Crippen LogP) is 6.79. The molecule has 204 valence electrons. The van der Waals surface area contributed by atoms with Gasteiger partial charge >= 0.3 is 5.97 Å². The molecule has 2 amide bonds. The van der Waals surface area contributed by atoms with Crippen LogP contribution in [0.4, 0.5) is 16.4 Å². The molecule has 0 saturated carbocycles. The van der Waals surface area contributed by atoms with Crippen molar-refractivity contribution in [2.45, 2.75) is 18.7 Å². The third kappa shape index (κ3) is 7.13. The van der Waals surface area contributed by atoms with Crippen LogP contribution in [0.25, 0.3) is 11.1 Å². The Balaban J connectivity index is 1.42. The lowest BCUT2D eigenvalue weighted by atomic mass is 10.0. The number of nitrogens with one attached hydrogen (secondary N) is 2. The van der Waals surface area contributed by atoms with Crippen LogP contribution in [0, 0.1) is 17.0 Å². The van der Waals surface area contributed by atoms with E-state index in [2.05, 4.69) is 10.6 Å². The molecule has 1 aromatic heterocycles. The van der Waals surface area contributed by atoms with Crippen LogP contribution >= 0.6 is 23.1 Å². The van der Waals surface area contributed by atoms with Gasteiger partial charge in [0.1, 0.15) is 10.6 Å². The number of amides is 2. The monoisotopic (exact) mass is 575 g/mol. The van der Waals surface area contributed by atoms with Gasteiger partial charge in [0, 0.05) is 39.2 Å². The van der Waals surface area contributed by atoms with Crippen molar-refractivity contribution in [3.05, 3.63) is 105 Å². The zero-order chi connectivity index (χ0) is 28.6. The SMILES string of the molecule is CCOC(=O)c1c(-c2ccc(C)cc2)csc1NC(=O)CSc1cccc(NC(=O)c2cccc([N+](=O)[O-])c2)c1. The molecular weight excluding hydrogens is 550 g/mol. The van der Waals surface area contributed by atoms with Crippen molar-refractivity contribution >= 4 is 57.3 Å². The van der Waals surface area contributed by atoms with Crippen molar-refractivity contribution in [1.29, 1.82) is 0 Å². The number of thioether (sulfide) groups is 1. The van der Waals surface area contributed by atoms with Crippen molar-refractivity contribution in [2.75, 3.05) is 23.0 Å². The first kappa shape index (κ1) is 28.5. The molecule has 4 aromatic rings. The fraction of sp³-hybridized carbons (Fsp3) is 0.138. The summed E-state index contributed by atoms with van der Waals surface area (Å²) in [5, 5.41) is 18.8. The molecule has 0 bridgehead atoms. The number of hydrogen-bond donors (Lipinski definition) is 2. The molecular formula is C29H25N3O6S2. The fourth-order valence-electron chi connectivity index (χ4n) is 3.74. The highest BCUT2D eigenvalue weighted by Gasteiger charge is 2.23. The summed E-state index contributed by atoms with van der Waals surface area (Å²) in [5.41, 5.74) is 3.42. The molecule has 0 saturated heterocycles. The first-order chi connectivity index (χ1) is 19.2. The highest BCUT2D eigenvalue weighted by atomic mass is 32.2. The van der Waals surface area contributed by atoms with Crippen LogP contribution in [0.3, 0.4) is 0 Å². The zero-order valence-electron chi connectivity index (χ0n) is 21.6. The van der Waals surface area contributed by atoms with E-state index in [0.29, 0.717) is 21.8 Å². The molecule has 9 nitrogen and oxygen atoms in total. The van der Waals surface area contributed by atoms with Gasteiger partial charge in [-0.15, -0.1) is 23.1 Å². The summed E-state index contributed by atoms with van der Waals surface area (Å²) in [6, 6.07) is 20.1. The summed E-state index contributed by atoms with van der Waals surface area (Å²) in [6.07, 6.45) is 0. The summed E-state index contributed by atoms with van der Waals surface area (Å²) in [4.78, 5) is 49.4. The van der Waals surface area contributed by atoms with Crippen molar-refractivity contribution in [3.8, 4) is 11.1 Å². The normalized spacial score (nSPS) is 10.6. The minimum atomic E-state index is -0.561. The summed E-state index contributed by atoms with van der Waals surface area (Å²) in [5.74, 6) is -1.24. The number of rotatable bonds is 10. The largest absolute Gasteiger partial charge is 0.462 e. The molecule has 11 heteroatoms. The number of benzene rings is 3. The Hall–Kier alpha value is -4.48. The lowest BCUT2D eigenvalue weighted by molar-refractivity contribution is -0.384. The van der Waals surface area contributed by atoms with Gasteiger partial charge in [-0.1, -0.05) is 42.0 Å². The van der Waals surface area contributed by atoms with Crippen LogP contribution in [0.2, 0.25) is 0 Å². The van der Waals surface area contributed by atoms with Gasteiger partial charge in [-0.2, -0.15) is 0 Å². The number of anilines is 2. The van der Waals surface area contributed by atoms with Crippen LogP contribution in [0.5, 0.6) is 0 Å². The first-order valence-electron chi connectivity index (χ1n) is 12.2. The maximum Gasteiger partial charge on any atom is 0.341 e. The fourth-order valence-corrected chi connectivity index (χ4v) is 5.47. The van der Waals surface area contributed by atoms with Gasteiger partial charge in [-0.05, 0) is 43.7 Å². The number of hydrogen-bond acceptors (Lipinski definition) is 8. The highest BCUT2D eigenvalue weighted by molar-refractivity contribution is 8.00. The predicted molar refractivity (Wildman–Crippen MR) is 157 cm³/mol. The molecule has 0 unspecified atom stereocenters. The highest BCUT2D eigenvalue weighted by Crippen LogP contribution is 2.36. The second-order valence-electron chi connectivity index (χ2n) is 8.57. The third-order valence-corrected chi connectivity index (χ3v) is 7.56. The summed E-state index contributed by atoms with van der Waals surface area (Å²) >= 11 is 2.51. The van der Waals surface area contributed by atoms with E-state index in [4.69, 9.17) is 4.74 Å². The van der Waals surface area contributed by atoms with Crippen molar-refractivity contribution in [3.63, 3.8) is 0 Å². The Kier molecular flexibility index (Phi) is 9.31. The van der Waals surface area contributed by atoms with Gasteiger partial charge in [0.15, 0.2) is 0 Å². The van der Waals surface area contributed by atoms with E-state index >= 15 is 0 Å². The molecule has 4 rings (SSSR count). The van der Waals surface area contributed by atoms with E-state index in [1.165, 1.54) is 47.4 Å². The Labute approximate surface area is 238 Å². The Morgan fingerprint density at radius 1 is 1.00 bits per heavy atom. The third-order valence-electron chi connectivity index (χ3n) is 5.67. The van der Waals surface area contributed by atoms with E-state index in [1.807, 2.05) is 36.6 Å². The van der Waals surface area contributed by atoms with Gasteiger partial charge in [0.05, 0.1) is 17.3 Å². The van der Waals surface area contributed by atoms with Gasteiger partial charge in [0.2, 0.25) is 5.91 Å². The second-order valence-corrected chi connectivity index (χ2v) is 10.5. The average molecular weight is 576 g/mol. The van der Waals surface area contributed by atoms with Crippen LogP contribution in [0.15, 0.2) is 83.1 Å². The number of ether oxygens (including phenoxy) is 1. The number of thiophene rings is 1. The molecule has 0 fully saturated rings. The summed E-state index contributed by atoms with van der Waals surface area (Å²) < 4.78 is 5.26. The molecule has 40 heavy (non-hydrogen) atoms. The number of esters is 1. The number of nitro benzene ring substituents is 1. The van der Waals surface area contributed by atoms with E-state index in [9.17, 15) is 24.5 Å². The minimum absolute atomic E-state index is 0.0578. The van der Waals surface area contributed by atoms with E-state index < -0.39 is 16.8 Å². The molecule has 0 spiro atoms. The molecule has 2 N–H and O–H groups in total. The number of non-ortho nitro benzene ring substituents is 1. The lowest BCUT2D eigenvalue weighted by Crippen LogP contribution is -2.16. The Bertz CT molecular complexity index is 1570. The second kappa shape index (κ2) is 13.0. The van der Waals surface area contributed by atoms with Gasteiger partial charge in [-0.3, -0.25) is 19.7 Å². The minimum Gasteiger partial charge on any atom is -0.462 e. The molecule has 0 aliphatic heterocycles. The Morgan fingerprint density at radius 2 is 1.75 bits per heavy atom. The van der Waals surface area contributed by atoms with Crippen LogP contribution in [-0.2, 0) is 9.53 Å². The Morgan fingerprint density at radius 3 is 2.48 bits per heavy atom. The van der Waals surface area contributed by atoms with E-state index in [1.54, 1.807) is 31.2 Å². The van der Waals surface area contributed by atoms with Gasteiger partial charge < -0.3 is 15.4 Å². The quantitative estimate of drug-likeness (QED) is 0.0922. The topological polar surface area (TPSA) is 128 Å². The molecule has 0 atom stereocenters. The average Bonchev–Trinajstić information content (AvgIpc) is 3.36. The van der Waals surface area contributed by atoms with Crippen LogP contribution < -0.4 is 10.6 Å². The molecule has 0 aliphatic carbocycles. The molecule has 0 aliphatic rings. The number of nitro groups is 1. The number of aryl methyl sites for hydroxylation is 1. The lowest BCUT2D eigenvalue weighted by Gasteiger charge is -2.10.